The molecule has 0 spiro atoms. The van der Waals surface area contributed by atoms with Crippen LogP contribution in [-0.2, 0) is 10.2 Å². The van der Waals surface area contributed by atoms with Gasteiger partial charge in [0.2, 0.25) is 0 Å². The number of carbonyl (C=O) groups is 1. The molecule has 0 amide bonds. The first kappa shape index (κ1) is 16.3. The van der Waals surface area contributed by atoms with Gasteiger partial charge in [-0.2, -0.15) is 0 Å². The Bertz CT molecular complexity index is 496. The summed E-state index contributed by atoms with van der Waals surface area (Å²) in [6, 6.07) is 6.15. The van der Waals surface area contributed by atoms with Crippen LogP contribution in [0.15, 0.2) is 24.3 Å². The normalized spacial score (nSPS) is 12.1. The molecule has 20 heavy (non-hydrogen) atoms. The van der Waals surface area contributed by atoms with E-state index >= 15 is 0 Å². The van der Waals surface area contributed by atoms with Crippen LogP contribution in [0.25, 0.3) is 6.08 Å². The van der Waals surface area contributed by atoms with Gasteiger partial charge >= 0.3 is 5.97 Å². The Morgan fingerprint density at radius 3 is 2.50 bits per heavy atom. The van der Waals surface area contributed by atoms with Gasteiger partial charge in [-0.25, -0.2) is 4.79 Å². The Morgan fingerprint density at radius 2 is 2.00 bits per heavy atom. The number of benzene rings is 1. The molecule has 1 aromatic rings. The van der Waals surface area contributed by atoms with Gasteiger partial charge in [-0.05, 0) is 34.6 Å². The number of hydrogen-bond acceptors (Lipinski definition) is 2. The lowest BCUT2D eigenvalue weighted by Crippen LogP contribution is -2.14. The van der Waals surface area contributed by atoms with E-state index in [1.165, 1.54) is 11.6 Å². The van der Waals surface area contributed by atoms with E-state index in [0.717, 1.165) is 17.8 Å². The highest BCUT2D eigenvalue weighted by Crippen LogP contribution is 2.28. The first-order chi connectivity index (χ1) is 9.20. The second-order valence-electron chi connectivity index (χ2n) is 6.50. The molecule has 0 aliphatic rings. The molecule has 1 rings (SSSR count). The van der Waals surface area contributed by atoms with Crippen LogP contribution in [0.1, 0.15) is 45.7 Å². The van der Waals surface area contributed by atoms with Crippen LogP contribution < -0.4 is 5.32 Å². The van der Waals surface area contributed by atoms with Gasteiger partial charge in [0, 0.05) is 18.3 Å². The third kappa shape index (κ3) is 5.08. The summed E-state index contributed by atoms with van der Waals surface area (Å²) in [6.07, 6.45) is 2.81. The number of rotatable bonds is 5. The van der Waals surface area contributed by atoms with Crippen molar-refractivity contribution in [2.75, 3.05) is 11.9 Å². The van der Waals surface area contributed by atoms with Gasteiger partial charge in [0.05, 0.1) is 0 Å². The van der Waals surface area contributed by atoms with E-state index in [0.29, 0.717) is 5.92 Å². The van der Waals surface area contributed by atoms with Gasteiger partial charge in [-0.3, -0.25) is 0 Å². The molecule has 0 bridgehead atoms. The topological polar surface area (TPSA) is 49.3 Å². The largest absolute Gasteiger partial charge is 0.478 e. The second kappa shape index (κ2) is 6.60. The molecule has 0 aliphatic carbocycles. The van der Waals surface area contributed by atoms with Crippen molar-refractivity contribution in [2.24, 2.45) is 5.92 Å². The monoisotopic (exact) mass is 275 g/mol. The fourth-order valence-electron chi connectivity index (χ4n) is 1.80. The molecule has 1 aromatic carbocycles. The van der Waals surface area contributed by atoms with Crippen LogP contribution in [0.3, 0.4) is 0 Å². The van der Waals surface area contributed by atoms with E-state index in [4.69, 9.17) is 5.11 Å². The summed E-state index contributed by atoms with van der Waals surface area (Å²) in [7, 11) is 0. The SMILES string of the molecule is CC(C)CNc1cc(C(C)(C)C)ccc1/C=C/C(=O)O. The van der Waals surface area contributed by atoms with E-state index in [1.807, 2.05) is 6.07 Å². The van der Waals surface area contributed by atoms with Crippen molar-refractivity contribution in [2.45, 2.75) is 40.0 Å². The molecule has 0 heterocycles. The first-order valence-electron chi connectivity index (χ1n) is 6.99. The smallest absolute Gasteiger partial charge is 0.328 e. The minimum atomic E-state index is -0.931. The zero-order valence-electron chi connectivity index (χ0n) is 13.0. The molecular formula is C17H25NO2. The van der Waals surface area contributed by atoms with E-state index in [-0.39, 0.29) is 5.41 Å². The van der Waals surface area contributed by atoms with Crippen molar-refractivity contribution in [3.63, 3.8) is 0 Å². The summed E-state index contributed by atoms with van der Waals surface area (Å²) < 4.78 is 0. The molecule has 0 atom stereocenters. The fraction of sp³-hybridized carbons (Fsp3) is 0.471. The maximum absolute atomic E-state index is 10.7. The minimum Gasteiger partial charge on any atom is -0.478 e. The number of anilines is 1. The number of hydrogen-bond donors (Lipinski definition) is 2. The number of aliphatic carboxylic acids is 1. The van der Waals surface area contributed by atoms with E-state index in [1.54, 1.807) is 6.08 Å². The van der Waals surface area contributed by atoms with Crippen LogP contribution in [0.4, 0.5) is 5.69 Å². The van der Waals surface area contributed by atoms with Crippen molar-refractivity contribution in [3.8, 4) is 0 Å². The molecule has 3 heteroatoms. The van der Waals surface area contributed by atoms with E-state index < -0.39 is 5.97 Å². The quantitative estimate of drug-likeness (QED) is 0.794. The predicted molar refractivity (Wildman–Crippen MR) is 85.1 cm³/mol. The Kier molecular flexibility index (Phi) is 5.37. The van der Waals surface area contributed by atoms with Crippen molar-refractivity contribution in [3.05, 3.63) is 35.4 Å². The molecule has 0 radical (unpaired) electrons. The third-order valence-electron chi connectivity index (χ3n) is 3.03. The lowest BCUT2D eigenvalue weighted by atomic mass is 9.86. The molecular weight excluding hydrogens is 250 g/mol. The van der Waals surface area contributed by atoms with Crippen LogP contribution >= 0.6 is 0 Å². The van der Waals surface area contributed by atoms with Gasteiger partial charge in [-0.15, -0.1) is 0 Å². The Hall–Kier alpha value is -1.77. The van der Waals surface area contributed by atoms with Crippen molar-refractivity contribution in [1.82, 2.24) is 0 Å². The van der Waals surface area contributed by atoms with Crippen LogP contribution in [0, 0.1) is 5.92 Å². The minimum absolute atomic E-state index is 0.0727. The average Bonchev–Trinajstić information content (AvgIpc) is 2.32. The molecule has 2 N–H and O–H groups in total. The van der Waals surface area contributed by atoms with Gasteiger partial charge in [0.25, 0.3) is 0 Å². The first-order valence-corrected chi connectivity index (χ1v) is 6.99. The third-order valence-corrected chi connectivity index (χ3v) is 3.03. The highest BCUT2D eigenvalue weighted by Gasteiger charge is 2.15. The summed E-state index contributed by atoms with van der Waals surface area (Å²) in [5, 5.41) is 12.2. The lowest BCUT2D eigenvalue weighted by molar-refractivity contribution is -0.131. The number of nitrogens with one attached hydrogen (secondary N) is 1. The van der Waals surface area contributed by atoms with Gasteiger partial charge in [0.15, 0.2) is 0 Å². The van der Waals surface area contributed by atoms with E-state index in [2.05, 4.69) is 52.1 Å². The summed E-state index contributed by atoms with van der Waals surface area (Å²) in [5.74, 6) is -0.399. The maximum Gasteiger partial charge on any atom is 0.328 e. The maximum atomic E-state index is 10.7. The van der Waals surface area contributed by atoms with Gasteiger partial charge < -0.3 is 10.4 Å². The molecule has 0 aromatic heterocycles. The van der Waals surface area contributed by atoms with Crippen LogP contribution in [-0.4, -0.2) is 17.6 Å². The highest BCUT2D eigenvalue weighted by atomic mass is 16.4. The number of carboxylic acids is 1. The molecule has 0 fully saturated rings. The Balaban J connectivity index is 3.12. The van der Waals surface area contributed by atoms with Gasteiger partial charge in [0.1, 0.15) is 0 Å². The Labute approximate surface area is 121 Å². The van der Waals surface area contributed by atoms with Crippen molar-refractivity contribution >= 4 is 17.7 Å². The van der Waals surface area contributed by atoms with E-state index in [9.17, 15) is 4.79 Å². The predicted octanol–water partition coefficient (Wildman–Crippen LogP) is 4.15. The van der Waals surface area contributed by atoms with Crippen molar-refractivity contribution in [1.29, 1.82) is 0 Å². The van der Waals surface area contributed by atoms with Crippen LogP contribution in [0.5, 0.6) is 0 Å². The zero-order valence-corrected chi connectivity index (χ0v) is 13.0. The molecule has 0 aliphatic heterocycles. The van der Waals surface area contributed by atoms with Crippen molar-refractivity contribution < 1.29 is 9.90 Å². The molecule has 3 nitrogen and oxygen atoms in total. The summed E-state index contributed by atoms with van der Waals surface area (Å²) in [6.45, 7) is 11.7. The van der Waals surface area contributed by atoms with Crippen LogP contribution in [0.2, 0.25) is 0 Å². The molecule has 0 unspecified atom stereocenters. The molecule has 110 valence electrons. The van der Waals surface area contributed by atoms with Gasteiger partial charge in [-0.1, -0.05) is 46.8 Å². The Morgan fingerprint density at radius 1 is 1.35 bits per heavy atom. The average molecular weight is 275 g/mol. The summed E-state index contributed by atoms with van der Waals surface area (Å²) in [5.41, 5.74) is 3.20. The molecule has 0 saturated heterocycles. The zero-order chi connectivity index (χ0) is 15.3. The fourth-order valence-corrected chi connectivity index (χ4v) is 1.80. The summed E-state index contributed by atoms with van der Waals surface area (Å²) in [4.78, 5) is 10.7. The highest BCUT2D eigenvalue weighted by molar-refractivity contribution is 5.87. The summed E-state index contributed by atoms with van der Waals surface area (Å²) >= 11 is 0. The standard InChI is InChI=1S/C17H25NO2/c1-12(2)11-18-15-10-14(17(3,4)5)8-6-13(15)7-9-16(19)20/h6-10,12,18H,11H2,1-5H3,(H,19,20)/b9-7+. The number of carboxylic acid groups (broad SMARTS) is 1. The lowest BCUT2D eigenvalue weighted by Gasteiger charge is -2.21. The second-order valence-corrected chi connectivity index (χ2v) is 6.50. The molecule has 0 saturated carbocycles.